The molecule has 3 N–H and O–H groups in total. The first-order valence-electron chi connectivity index (χ1n) is 14.5. The highest BCUT2D eigenvalue weighted by Crippen LogP contribution is 2.42. The fourth-order valence-electron chi connectivity index (χ4n) is 6.42. The molecule has 2 fully saturated rings. The number of nitrogens with zero attached hydrogens (tertiary/aromatic N) is 6. The highest BCUT2D eigenvalue weighted by atomic mass is 16.3. The van der Waals surface area contributed by atoms with Crippen molar-refractivity contribution in [2.75, 3.05) is 48.8 Å². The van der Waals surface area contributed by atoms with Crippen molar-refractivity contribution in [1.82, 2.24) is 19.9 Å². The molecule has 2 aliphatic heterocycles. The highest BCUT2D eigenvalue weighted by molar-refractivity contribution is 5.64. The average molecular weight is 539 g/mol. The van der Waals surface area contributed by atoms with Gasteiger partial charge >= 0.3 is 0 Å². The third kappa shape index (κ3) is 5.21. The summed E-state index contributed by atoms with van der Waals surface area (Å²) in [5.41, 5.74) is 3.85. The molecule has 2 saturated heterocycles. The number of nitriles is 1. The van der Waals surface area contributed by atoms with Crippen molar-refractivity contribution in [3.8, 4) is 6.07 Å². The lowest BCUT2D eigenvalue weighted by atomic mass is 9.71. The van der Waals surface area contributed by atoms with E-state index in [0.717, 1.165) is 30.8 Å². The van der Waals surface area contributed by atoms with Gasteiger partial charge in [0.2, 0.25) is 5.95 Å². The zero-order valence-corrected chi connectivity index (χ0v) is 23.5. The quantitative estimate of drug-likeness (QED) is 0.395. The van der Waals surface area contributed by atoms with Crippen LogP contribution in [0.25, 0.3) is 0 Å². The number of aryl methyl sites for hydroxylation is 1. The standard InChI is InChI=1S/C31H38N8O/c1-3-31(40)11-10-22-4-9-26(35-27(22)31)36-28-23(20-32)21-33-29(37-28)34-24-5-7-25(8-6-24)39-18-14-30(15-19-39)12-16-38(2)17-13-30/h4-9,21,40H,3,10-19H2,1-2H3,(H2,33,34,35,36,37). The molecule has 1 unspecified atom stereocenters. The number of likely N-dealkylation sites (tertiary alicyclic amines) is 1. The van der Waals surface area contributed by atoms with Crippen molar-refractivity contribution in [2.45, 2.75) is 57.5 Å². The molecule has 0 saturated carbocycles. The number of anilines is 5. The van der Waals surface area contributed by atoms with Gasteiger partial charge in [0.15, 0.2) is 5.82 Å². The lowest BCUT2D eigenvalue weighted by molar-refractivity contribution is 0.0307. The maximum Gasteiger partial charge on any atom is 0.229 e. The molecule has 208 valence electrons. The number of rotatable bonds is 6. The van der Waals surface area contributed by atoms with Gasteiger partial charge in [-0.2, -0.15) is 10.2 Å². The second kappa shape index (κ2) is 10.7. The minimum absolute atomic E-state index is 0.321. The van der Waals surface area contributed by atoms with Crippen LogP contribution in [0.1, 0.15) is 62.3 Å². The normalized spacial score (nSPS) is 22.1. The Labute approximate surface area is 236 Å². The summed E-state index contributed by atoms with van der Waals surface area (Å²) < 4.78 is 0. The van der Waals surface area contributed by atoms with E-state index in [-0.39, 0.29) is 0 Å². The van der Waals surface area contributed by atoms with E-state index in [0.29, 0.717) is 47.1 Å². The van der Waals surface area contributed by atoms with Crippen LogP contribution in [-0.4, -0.2) is 58.2 Å². The molecule has 1 atom stereocenters. The zero-order valence-electron chi connectivity index (χ0n) is 23.5. The predicted molar refractivity (Wildman–Crippen MR) is 157 cm³/mol. The molecule has 1 aromatic carbocycles. The number of hydrogen-bond donors (Lipinski definition) is 3. The van der Waals surface area contributed by atoms with Gasteiger partial charge in [-0.3, -0.25) is 0 Å². The third-order valence-electron chi connectivity index (χ3n) is 9.33. The maximum absolute atomic E-state index is 10.9. The molecule has 6 rings (SSSR count). The molecule has 1 spiro atoms. The molecule has 0 radical (unpaired) electrons. The Morgan fingerprint density at radius 1 is 0.950 bits per heavy atom. The summed E-state index contributed by atoms with van der Waals surface area (Å²) in [6.07, 6.45) is 8.79. The lowest BCUT2D eigenvalue weighted by Gasteiger charge is -2.46. The van der Waals surface area contributed by atoms with Crippen molar-refractivity contribution in [3.63, 3.8) is 0 Å². The van der Waals surface area contributed by atoms with Crippen molar-refractivity contribution in [3.05, 3.63) is 59.4 Å². The SMILES string of the molecule is CCC1(O)CCc2ccc(Nc3nc(Nc4ccc(N5CCC6(CCN(C)CC6)CC5)cc4)ncc3C#N)nc21. The predicted octanol–water partition coefficient (Wildman–Crippen LogP) is 5.09. The van der Waals surface area contributed by atoms with Gasteiger partial charge in [-0.25, -0.2) is 9.97 Å². The summed E-state index contributed by atoms with van der Waals surface area (Å²) >= 11 is 0. The van der Waals surface area contributed by atoms with E-state index in [1.54, 1.807) is 0 Å². The van der Waals surface area contributed by atoms with Gasteiger partial charge < -0.3 is 25.5 Å². The Bertz CT molecular complexity index is 1400. The van der Waals surface area contributed by atoms with E-state index in [4.69, 9.17) is 0 Å². The Balaban J connectivity index is 1.12. The number of aliphatic hydroxyl groups is 1. The summed E-state index contributed by atoms with van der Waals surface area (Å²) in [5.74, 6) is 1.31. The Morgan fingerprint density at radius 3 is 2.38 bits per heavy atom. The first kappa shape index (κ1) is 26.5. The van der Waals surface area contributed by atoms with Gasteiger partial charge in [0.25, 0.3) is 0 Å². The molecule has 2 aromatic heterocycles. The smallest absolute Gasteiger partial charge is 0.229 e. The second-order valence-corrected chi connectivity index (χ2v) is 11.7. The summed E-state index contributed by atoms with van der Waals surface area (Å²) in [4.78, 5) is 18.6. The van der Waals surface area contributed by atoms with E-state index in [9.17, 15) is 10.4 Å². The van der Waals surface area contributed by atoms with Crippen molar-refractivity contribution in [2.24, 2.45) is 5.41 Å². The van der Waals surface area contributed by atoms with E-state index in [2.05, 4.69) is 72.8 Å². The summed E-state index contributed by atoms with van der Waals surface area (Å²) in [5, 5.41) is 27.0. The molecule has 0 bridgehead atoms. The molecule has 3 aliphatic rings. The molecular formula is C31H38N8O. The number of benzene rings is 1. The Hall–Kier alpha value is -3.74. The summed E-state index contributed by atoms with van der Waals surface area (Å²) in [6, 6.07) is 14.4. The summed E-state index contributed by atoms with van der Waals surface area (Å²) in [7, 11) is 2.23. The van der Waals surface area contributed by atoms with Crippen molar-refractivity contribution in [1.29, 1.82) is 5.26 Å². The minimum atomic E-state index is -0.905. The van der Waals surface area contributed by atoms with Crippen LogP contribution < -0.4 is 15.5 Å². The van der Waals surface area contributed by atoms with Gasteiger partial charge in [-0.1, -0.05) is 13.0 Å². The van der Waals surface area contributed by atoms with Crippen molar-refractivity contribution >= 4 is 29.0 Å². The van der Waals surface area contributed by atoms with Crippen LogP contribution in [0.2, 0.25) is 0 Å². The van der Waals surface area contributed by atoms with E-state index < -0.39 is 5.60 Å². The molecule has 4 heterocycles. The molecule has 40 heavy (non-hydrogen) atoms. The van der Waals surface area contributed by atoms with Crippen LogP contribution in [0.5, 0.6) is 0 Å². The van der Waals surface area contributed by atoms with E-state index >= 15 is 0 Å². The van der Waals surface area contributed by atoms with E-state index in [1.807, 2.05) is 19.1 Å². The number of aromatic nitrogens is 3. The van der Waals surface area contributed by atoms with Gasteiger partial charge in [-0.05, 0) is 106 Å². The van der Waals surface area contributed by atoms with Crippen LogP contribution in [0, 0.1) is 16.7 Å². The average Bonchev–Trinajstić information content (AvgIpc) is 3.32. The number of hydrogen-bond acceptors (Lipinski definition) is 9. The summed E-state index contributed by atoms with van der Waals surface area (Å²) in [6.45, 7) is 6.63. The third-order valence-corrected chi connectivity index (χ3v) is 9.33. The first-order chi connectivity index (χ1) is 19.4. The van der Waals surface area contributed by atoms with Gasteiger partial charge in [-0.15, -0.1) is 0 Å². The Kier molecular flexibility index (Phi) is 7.07. The first-order valence-corrected chi connectivity index (χ1v) is 14.5. The van der Waals surface area contributed by atoms with E-state index in [1.165, 1.54) is 50.7 Å². The number of fused-ring (bicyclic) bond motifs is 1. The zero-order chi connectivity index (χ0) is 27.7. The van der Waals surface area contributed by atoms with Gasteiger partial charge in [0.1, 0.15) is 23.1 Å². The number of pyridine rings is 1. The van der Waals surface area contributed by atoms with Crippen LogP contribution in [0.4, 0.5) is 29.0 Å². The Morgan fingerprint density at radius 2 is 1.68 bits per heavy atom. The molecule has 1 aliphatic carbocycles. The fourth-order valence-corrected chi connectivity index (χ4v) is 6.42. The van der Waals surface area contributed by atoms with Crippen LogP contribution in [0.3, 0.4) is 0 Å². The molecular weight excluding hydrogens is 500 g/mol. The fraction of sp³-hybridized carbons (Fsp3) is 0.484. The van der Waals surface area contributed by atoms with Crippen LogP contribution in [0.15, 0.2) is 42.6 Å². The monoisotopic (exact) mass is 538 g/mol. The largest absolute Gasteiger partial charge is 0.384 e. The van der Waals surface area contributed by atoms with Gasteiger partial charge in [0.05, 0.1) is 11.9 Å². The lowest BCUT2D eigenvalue weighted by Crippen LogP contribution is -2.46. The van der Waals surface area contributed by atoms with Crippen LogP contribution >= 0.6 is 0 Å². The van der Waals surface area contributed by atoms with Crippen molar-refractivity contribution < 1.29 is 5.11 Å². The van der Waals surface area contributed by atoms with Crippen LogP contribution in [-0.2, 0) is 12.0 Å². The molecule has 0 amide bonds. The second-order valence-electron chi connectivity index (χ2n) is 11.7. The highest BCUT2D eigenvalue weighted by Gasteiger charge is 2.37. The maximum atomic E-state index is 10.9. The molecule has 3 aromatic rings. The minimum Gasteiger partial charge on any atom is -0.384 e. The molecule has 9 nitrogen and oxygen atoms in total. The number of piperidine rings is 2. The van der Waals surface area contributed by atoms with Gasteiger partial charge in [0, 0.05) is 24.5 Å². The number of nitrogens with one attached hydrogen (secondary N) is 2. The topological polar surface area (TPSA) is 113 Å². The molecule has 9 heteroatoms.